The number of carbonyl (C=O) groups is 2. The van der Waals surface area contributed by atoms with E-state index in [1.54, 1.807) is 16.8 Å². The van der Waals surface area contributed by atoms with Crippen molar-refractivity contribution in [3.63, 3.8) is 0 Å². The molecule has 0 aliphatic rings. The van der Waals surface area contributed by atoms with Crippen LogP contribution in [-0.2, 0) is 17.8 Å². The zero-order valence-corrected chi connectivity index (χ0v) is 22.0. The molecule has 0 saturated heterocycles. The van der Waals surface area contributed by atoms with E-state index in [9.17, 15) is 14.0 Å². The van der Waals surface area contributed by atoms with Crippen LogP contribution in [0, 0.1) is 12.9 Å². The monoisotopic (exact) mass is 537 g/mol. The van der Waals surface area contributed by atoms with Gasteiger partial charge in [-0.15, -0.1) is 23.2 Å². The minimum atomic E-state index is -0.915. The maximum atomic E-state index is 15.0. The second-order valence-corrected chi connectivity index (χ2v) is 9.61. The van der Waals surface area contributed by atoms with Crippen molar-refractivity contribution in [3.8, 4) is 11.1 Å². The van der Waals surface area contributed by atoms with Gasteiger partial charge in [0.05, 0.1) is 5.69 Å². The molecule has 3 rings (SSSR count). The standard InChI is InChI=1S/C24H30Cl2FN7O2/c1-4-13-34-18(11-12-28-34)24(36)29-17(7-6-8-19(25)26)23(35)31-20-10-9-15(22(27)30-20)21-14(3)32-33-16(21)5-2/h9-12,17,19H,4-8,13H2,1-3H3,(H,29,36)(H,32,33)(H,30,31,35)/t17-/m0/s1. The van der Waals surface area contributed by atoms with Crippen LogP contribution in [-0.4, -0.2) is 47.7 Å². The molecule has 3 aromatic rings. The van der Waals surface area contributed by atoms with Gasteiger partial charge < -0.3 is 10.6 Å². The Balaban J connectivity index is 1.77. The molecule has 2 amide bonds. The van der Waals surface area contributed by atoms with Crippen molar-refractivity contribution in [1.82, 2.24) is 30.3 Å². The number of hydrogen-bond acceptors (Lipinski definition) is 5. The zero-order chi connectivity index (χ0) is 26.2. The van der Waals surface area contributed by atoms with Gasteiger partial charge in [-0.25, -0.2) is 4.98 Å². The van der Waals surface area contributed by atoms with Gasteiger partial charge in [-0.3, -0.25) is 19.4 Å². The van der Waals surface area contributed by atoms with Crippen molar-refractivity contribution in [2.45, 2.75) is 70.3 Å². The molecule has 12 heteroatoms. The molecule has 0 spiro atoms. The number of aryl methyl sites for hydroxylation is 3. The first-order valence-corrected chi connectivity index (χ1v) is 12.7. The molecule has 0 aliphatic heterocycles. The predicted octanol–water partition coefficient (Wildman–Crippen LogP) is 4.80. The first-order valence-electron chi connectivity index (χ1n) is 11.9. The van der Waals surface area contributed by atoms with Crippen LogP contribution in [0.5, 0.6) is 0 Å². The van der Waals surface area contributed by atoms with Crippen molar-refractivity contribution in [1.29, 1.82) is 0 Å². The highest BCUT2D eigenvalue weighted by molar-refractivity contribution is 6.44. The van der Waals surface area contributed by atoms with Gasteiger partial charge in [-0.1, -0.05) is 13.8 Å². The number of pyridine rings is 1. The fourth-order valence-corrected chi connectivity index (χ4v) is 4.20. The Morgan fingerprint density at radius 3 is 2.64 bits per heavy atom. The molecule has 0 unspecified atom stereocenters. The summed E-state index contributed by atoms with van der Waals surface area (Å²) in [5.41, 5.74) is 2.75. The summed E-state index contributed by atoms with van der Waals surface area (Å²) in [6.45, 7) is 6.28. The number of nitrogens with one attached hydrogen (secondary N) is 3. The number of alkyl halides is 2. The molecule has 0 aliphatic carbocycles. The third-order valence-electron chi connectivity index (χ3n) is 5.65. The lowest BCUT2D eigenvalue weighted by Gasteiger charge is -2.19. The molecule has 9 nitrogen and oxygen atoms in total. The second-order valence-electron chi connectivity index (χ2n) is 8.34. The molecule has 1 atom stereocenters. The van der Waals surface area contributed by atoms with Crippen molar-refractivity contribution in [2.75, 3.05) is 5.32 Å². The maximum Gasteiger partial charge on any atom is 0.270 e. The molecule has 3 N–H and O–H groups in total. The first-order chi connectivity index (χ1) is 17.2. The number of aromatic nitrogens is 5. The van der Waals surface area contributed by atoms with E-state index in [-0.39, 0.29) is 12.2 Å². The van der Waals surface area contributed by atoms with E-state index in [0.29, 0.717) is 42.6 Å². The number of amides is 2. The van der Waals surface area contributed by atoms with Gasteiger partial charge in [0.25, 0.3) is 5.91 Å². The van der Waals surface area contributed by atoms with Crippen LogP contribution in [0.4, 0.5) is 10.2 Å². The number of rotatable bonds is 12. The summed E-state index contributed by atoms with van der Waals surface area (Å²) in [5, 5.41) is 16.6. The molecular formula is C24H30Cl2FN7O2. The van der Waals surface area contributed by atoms with E-state index in [4.69, 9.17) is 23.2 Å². The van der Waals surface area contributed by atoms with E-state index in [1.165, 1.54) is 12.3 Å². The molecule has 0 fully saturated rings. The molecule has 3 heterocycles. The van der Waals surface area contributed by atoms with Crippen LogP contribution in [0.2, 0.25) is 0 Å². The lowest BCUT2D eigenvalue weighted by molar-refractivity contribution is -0.118. The number of hydrogen-bond donors (Lipinski definition) is 3. The second kappa shape index (κ2) is 12.8. The average Bonchev–Trinajstić information content (AvgIpc) is 3.45. The summed E-state index contributed by atoms with van der Waals surface area (Å²) in [6, 6.07) is 3.75. The average molecular weight is 538 g/mol. The topological polar surface area (TPSA) is 118 Å². The van der Waals surface area contributed by atoms with E-state index in [0.717, 1.165) is 17.8 Å². The molecule has 194 valence electrons. The number of nitrogens with zero attached hydrogens (tertiary/aromatic N) is 4. The number of halogens is 3. The van der Waals surface area contributed by atoms with Crippen LogP contribution in [0.25, 0.3) is 11.1 Å². The minimum absolute atomic E-state index is 0.0308. The Bertz CT molecular complexity index is 1200. The third-order valence-corrected chi connectivity index (χ3v) is 6.08. The predicted molar refractivity (Wildman–Crippen MR) is 138 cm³/mol. The normalized spacial score (nSPS) is 12.1. The summed E-state index contributed by atoms with van der Waals surface area (Å²) in [4.78, 5) is 29.3. The van der Waals surface area contributed by atoms with Gasteiger partial charge in [0.2, 0.25) is 11.9 Å². The SMILES string of the molecule is CCCn1nccc1C(=O)N[C@@H](CCCC(Cl)Cl)C(=O)Nc1ccc(-c2c(CC)n[nH]c2C)c(F)n1. The first kappa shape index (κ1) is 27.6. The molecule has 0 bridgehead atoms. The van der Waals surface area contributed by atoms with Crippen LogP contribution in [0.3, 0.4) is 0 Å². The maximum absolute atomic E-state index is 15.0. The van der Waals surface area contributed by atoms with Gasteiger partial charge in [-0.2, -0.15) is 14.6 Å². The fourth-order valence-electron chi connectivity index (χ4n) is 3.89. The number of H-pyrrole nitrogens is 1. The highest BCUT2D eigenvalue weighted by atomic mass is 35.5. The zero-order valence-electron chi connectivity index (χ0n) is 20.4. The van der Waals surface area contributed by atoms with Crippen molar-refractivity contribution in [3.05, 3.63) is 47.4 Å². The van der Waals surface area contributed by atoms with E-state index in [2.05, 4.69) is 30.9 Å². The van der Waals surface area contributed by atoms with Crippen molar-refractivity contribution >= 4 is 40.8 Å². The quantitative estimate of drug-likeness (QED) is 0.226. The van der Waals surface area contributed by atoms with Crippen LogP contribution < -0.4 is 10.6 Å². The molecular weight excluding hydrogens is 508 g/mol. The Labute approximate surface area is 219 Å². The Morgan fingerprint density at radius 2 is 1.97 bits per heavy atom. The number of aromatic amines is 1. The molecule has 36 heavy (non-hydrogen) atoms. The Kier molecular flexibility index (Phi) is 9.83. The molecule has 0 radical (unpaired) electrons. The van der Waals surface area contributed by atoms with Gasteiger partial charge >= 0.3 is 0 Å². The Hall–Kier alpha value is -2.98. The third kappa shape index (κ3) is 6.82. The van der Waals surface area contributed by atoms with Crippen LogP contribution >= 0.6 is 23.2 Å². The summed E-state index contributed by atoms with van der Waals surface area (Å²) < 4.78 is 16.5. The lowest BCUT2D eigenvalue weighted by Crippen LogP contribution is -2.44. The molecule has 3 aromatic heterocycles. The molecule has 0 aromatic carbocycles. The number of carbonyl (C=O) groups excluding carboxylic acids is 2. The van der Waals surface area contributed by atoms with Gasteiger partial charge in [0.1, 0.15) is 22.4 Å². The highest BCUT2D eigenvalue weighted by Gasteiger charge is 2.24. The summed E-state index contributed by atoms with van der Waals surface area (Å²) in [6.07, 6.45) is 4.17. The van der Waals surface area contributed by atoms with Gasteiger partial charge in [0.15, 0.2) is 0 Å². The van der Waals surface area contributed by atoms with E-state index < -0.39 is 28.6 Å². The molecule has 0 saturated carbocycles. The fraction of sp³-hybridized carbons (Fsp3) is 0.458. The summed E-state index contributed by atoms with van der Waals surface area (Å²) >= 11 is 11.7. The lowest BCUT2D eigenvalue weighted by atomic mass is 10.0. The van der Waals surface area contributed by atoms with E-state index in [1.807, 2.05) is 20.8 Å². The van der Waals surface area contributed by atoms with E-state index >= 15 is 0 Å². The summed E-state index contributed by atoms with van der Waals surface area (Å²) in [7, 11) is 0. The van der Waals surface area contributed by atoms with Crippen molar-refractivity contribution < 1.29 is 14.0 Å². The van der Waals surface area contributed by atoms with Crippen molar-refractivity contribution in [2.24, 2.45) is 0 Å². The van der Waals surface area contributed by atoms with Crippen LogP contribution in [0.15, 0.2) is 24.4 Å². The van der Waals surface area contributed by atoms with Gasteiger partial charge in [0, 0.05) is 29.6 Å². The summed E-state index contributed by atoms with van der Waals surface area (Å²) in [5.74, 6) is -1.67. The van der Waals surface area contributed by atoms with Gasteiger partial charge in [-0.05, 0) is 57.2 Å². The largest absolute Gasteiger partial charge is 0.339 e. The minimum Gasteiger partial charge on any atom is -0.339 e. The van der Waals surface area contributed by atoms with Crippen LogP contribution in [0.1, 0.15) is 61.4 Å². The number of anilines is 1. The highest BCUT2D eigenvalue weighted by Crippen LogP contribution is 2.28. The smallest absolute Gasteiger partial charge is 0.270 e. The Morgan fingerprint density at radius 1 is 1.19 bits per heavy atom.